The third-order valence-corrected chi connectivity index (χ3v) is 4.52. The van der Waals surface area contributed by atoms with Crippen molar-refractivity contribution >= 4 is 38.4 Å². The van der Waals surface area contributed by atoms with Gasteiger partial charge in [0, 0.05) is 23.3 Å². The van der Waals surface area contributed by atoms with E-state index in [0.29, 0.717) is 4.88 Å². The van der Waals surface area contributed by atoms with Gasteiger partial charge < -0.3 is 9.67 Å². The van der Waals surface area contributed by atoms with E-state index in [1.54, 1.807) is 0 Å². The van der Waals surface area contributed by atoms with Crippen LogP contribution in [-0.4, -0.2) is 15.6 Å². The second-order valence-corrected chi connectivity index (χ2v) is 5.12. The molecular formula is C13H11NO2S. The second kappa shape index (κ2) is 3.34. The molecule has 0 aliphatic heterocycles. The van der Waals surface area contributed by atoms with Crippen molar-refractivity contribution in [3.05, 3.63) is 34.7 Å². The molecule has 2 heterocycles. The zero-order valence-electron chi connectivity index (χ0n) is 9.52. The van der Waals surface area contributed by atoms with Crippen LogP contribution in [0.25, 0.3) is 21.1 Å². The van der Waals surface area contributed by atoms with Crippen molar-refractivity contribution in [2.24, 2.45) is 7.05 Å². The minimum atomic E-state index is -0.840. The lowest BCUT2D eigenvalue weighted by molar-refractivity contribution is 0.0701. The lowest BCUT2D eigenvalue weighted by Gasteiger charge is -1.96. The molecule has 0 unspecified atom stereocenters. The van der Waals surface area contributed by atoms with E-state index in [2.05, 4.69) is 10.6 Å². The van der Waals surface area contributed by atoms with Crippen LogP contribution in [0.1, 0.15) is 15.2 Å². The first-order valence-electron chi connectivity index (χ1n) is 5.31. The Morgan fingerprint density at radius 2 is 2.06 bits per heavy atom. The lowest BCUT2D eigenvalue weighted by Crippen LogP contribution is -1.94. The van der Waals surface area contributed by atoms with Crippen molar-refractivity contribution in [3.8, 4) is 0 Å². The van der Waals surface area contributed by atoms with E-state index in [4.69, 9.17) is 5.11 Å². The zero-order valence-corrected chi connectivity index (χ0v) is 10.3. The maximum Gasteiger partial charge on any atom is 0.346 e. The molecule has 2 aromatic heterocycles. The Labute approximate surface area is 102 Å². The summed E-state index contributed by atoms with van der Waals surface area (Å²) in [4.78, 5) is 12.6. The number of carbonyl (C=O) groups is 1. The minimum Gasteiger partial charge on any atom is -0.477 e. The number of carboxylic acids is 1. The van der Waals surface area contributed by atoms with Crippen molar-refractivity contribution < 1.29 is 9.90 Å². The standard InChI is InChI=1S/C13H11NO2S/c1-7-10-8-5-3-4-6-9(8)14(2)12(10)17-11(7)13(15)16/h3-6H,1-2H3,(H,15,16). The number of fused-ring (bicyclic) bond motifs is 3. The molecule has 0 bridgehead atoms. The number of hydrogen-bond acceptors (Lipinski definition) is 2. The number of thiophene rings is 1. The van der Waals surface area contributed by atoms with Crippen molar-refractivity contribution in [2.45, 2.75) is 6.92 Å². The summed E-state index contributed by atoms with van der Waals surface area (Å²) in [7, 11) is 1.98. The number of aromatic carboxylic acids is 1. The number of para-hydroxylation sites is 1. The Morgan fingerprint density at radius 1 is 1.35 bits per heavy atom. The van der Waals surface area contributed by atoms with Crippen molar-refractivity contribution in [3.63, 3.8) is 0 Å². The normalized spacial score (nSPS) is 11.4. The Morgan fingerprint density at radius 3 is 2.76 bits per heavy atom. The van der Waals surface area contributed by atoms with Crippen LogP contribution < -0.4 is 0 Å². The molecule has 0 radical (unpaired) electrons. The molecule has 17 heavy (non-hydrogen) atoms. The fourth-order valence-electron chi connectivity index (χ4n) is 2.34. The Balaban J connectivity index is 2.56. The van der Waals surface area contributed by atoms with Crippen LogP contribution >= 0.6 is 11.3 Å². The highest BCUT2D eigenvalue weighted by Gasteiger charge is 2.19. The van der Waals surface area contributed by atoms with Gasteiger partial charge in [0.2, 0.25) is 0 Å². The quantitative estimate of drug-likeness (QED) is 0.714. The van der Waals surface area contributed by atoms with Crippen LogP contribution in [-0.2, 0) is 7.05 Å². The third-order valence-electron chi connectivity index (χ3n) is 3.16. The molecule has 0 spiro atoms. The van der Waals surface area contributed by atoms with E-state index < -0.39 is 5.97 Å². The van der Waals surface area contributed by atoms with Crippen LogP contribution in [0.2, 0.25) is 0 Å². The van der Waals surface area contributed by atoms with E-state index in [1.165, 1.54) is 11.3 Å². The molecule has 3 aromatic rings. The summed E-state index contributed by atoms with van der Waals surface area (Å²) in [5.74, 6) is -0.840. The van der Waals surface area contributed by atoms with Gasteiger partial charge in [0.05, 0.1) is 0 Å². The monoisotopic (exact) mass is 245 g/mol. The van der Waals surface area contributed by atoms with E-state index >= 15 is 0 Å². The van der Waals surface area contributed by atoms with Gasteiger partial charge in [-0.2, -0.15) is 0 Å². The third kappa shape index (κ3) is 1.24. The van der Waals surface area contributed by atoms with Gasteiger partial charge in [-0.3, -0.25) is 0 Å². The molecule has 0 saturated carbocycles. The molecule has 3 rings (SSSR count). The first-order chi connectivity index (χ1) is 8.11. The Bertz CT molecular complexity index is 752. The van der Waals surface area contributed by atoms with E-state index in [0.717, 1.165) is 26.7 Å². The molecule has 0 amide bonds. The van der Waals surface area contributed by atoms with Crippen LogP contribution in [0, 0.1) is 6.92 Å². The van der Waals surface area contributed by atoms with Gasteiger partial charge in [-0.15, -0.1) is 11.3 Å². The number of benzene rings is 1. The number of aromatic nitrogens is 1. The SMILES string of the molecule is Cc1c(C(=O)O)sc2c1c1ccccc1n2C. The average Bonchev–Trinajstić information content (AvgIpc) is 2.78. The molecule has 0 fully saturated rings. The lowest BCUT2D eigenvalue weighted by atomic mass is 10.1. The second-order valence-electron chi connectivity index (χ2n) is 4.12. The maximum atomic E-state index is 11.1. The maximum absolute atomic E-state index is 11.1. The predicted molar refractivity (Wildman–Crippen MR) is 70.0 cm³/mol. The highest BCUT2D eigenvalue weighted by atomic mass is 32.1. The summed E-state index contributed by atoms with van der Waals surface area (Å²) in [5.41, 5.74) is 2.02. The minimum absolute atomic E-state index is 0.441. The molecule has 0 saturated heterocycles. The van der Waals surface area contributed by atoms with E-state index in [1.807, 2.05) is 32.2 Å². The smallest absolute Gasteiger partial charge is 0.346 e. The Hall–Kier alpha value is -1.81. The summed E-state index contributed by atoms with van der Waals surface area (Å²) < 4.78 is 2.06. The van der Waals surface area contributed by atoms with E-state index in [9.17, 15) is 4.79 Å². The first-order valence-corrected chi connectivity index (χ1v) is 6.12. The van der Waals surface area contributed by atoms with Gasteiger partial charge in [0.15, 0.2) is 0 Å². The Kier molecular flexibility index (Phi) is 2.03. The van der Waals surface area contributed by atoms with Crippen LogP contribution in [0.3, 0.4) is 0 Å². The summed E-state index contributed by atoms with van der Waals surface area (Å²) in [6.07, 6.45) is 0. The van der Waals surface area contributed by atoms with Crippen LogP contribution in [0.5, 0.6) is 0 Å². The topological polar surface area (TPSA) is 42.2 Å². The van der Waals surface area contributed by atoms with Crippen LogP contribution in [0.4, 0.5) is 0 Å². The molecule has 86 valence electrons. The summed E-state index contributed by atoms with van der Waals surface area (Å²) in [5, 5.41) is 11.4. The molecule has 3 nitrogen and oxygen atoms in total. The largest absolute Gasteiger partial charge is 0.477 e. The molecule has 0 aliphatic rings. The number of rotatable bonds is 1. The van der Waals surface area contributed by atoms with Crippen molar-refractivity contribution in [2.75, 3.05) is 0 Å². The molecule has 1 aromatic carbocycles. The fourth-order valence-corrected chi connectivity index (χ4v) is 3.48. The number of hydrogen-bond donors (Lipinski definition) is 1. The van der Waals surface area contributed by atoms with Gasteiger partial charge in [0.1, 0.15) is 9.71 Å². The fraction of sp³-hybridized carbons (Fsp3) is 0.154. The van der Waals surface area contributed by atoms with Gasteiger partial charge in [0.25, 0.3) is 0 Å². The number of aryl methyl sites for hydroxylation is 2. The predicted octanol–water partition coefficient (Wildman–Crippen LogP) is 3.40. The van der Waals surface area contributed by atoms with Crippen molar-refractivity contribution in [1.29, 1.82) is 0 Å². The van der Waals surface area contributed by atoms with Gasteiger partial charge in [-0.25, -0.2) is 4.79 Å². The molecular weight excluding hydrogens is 234 g/mol. The van der Waals surface area contributed by atoms with Gasteiger partial charge in [-0.1, -0.05) is 18.2 Å². The highest BCUT2D eigenvalue weighted by molar-refractivity contribution is 7.20. The first kappa shape index (κ1) is 10.4. The number of nitrogens with zero attached hydrogens (tertiary/aromatic N) is 1. The summed E-state index contributed by atoms with van der Waals surface area (Å²) >= 11 is 1.35. The summed E-state index contributed by atoms with van der Waals surface area (Å²) in [6, 6.07) is 8.09. The molecule has 4 heteroatoms. The zero-order chi connectivity index (χ0) is 12.2. The molecule has 1 N–H and O–H groups in total. The van der Waals surface area contributed by atoms with Gasteiger partial charge in [-0.05, 0) is 18.6 Å². The highest BCUT2D eigenvalue weighted by Crippen LogP contribution is 2.37. The summed E-state index contributed by atoms with van der Waals surface area (Å²) in [6.45, 7) is 1.88. The number of carboxylic acid groups (broad SMARTS) is 1. The molecule has 0 atom stereocenters. The van der Waals surface area contributed by atoms with Crippen LogP contribution in [0.15, 0.2) is 24.3 Å². The molecule has 0 aliphatic carbocycles. The van der Waals surface area contributed by atoms with Crippen molar-refractivity contribution in [1.82, 2.24) is 4.57 Å². The van der Waals surface area contributed by atoms with E-state index in [-0.39, 0.29) is 0 Å². The van der Waals surface area contributed by atoms with Gasteiger partial charge >= 0.3 is 5.97 Å². The average molecular weight is 245 g/mol.